The van der Waals surface area contributed by atoms with E-state index in [0.29, 0.717) is 5.82 Å². The summed E-state index contributed by atoms with van der Waals surface area (Å²) in [6.45, 7) is 4.52. The molecule has 8 aromatic carbocycles. The molecule has 0 spiro atoms. The van der Waals surface area contributed by atoms with E-state index in [1.165, 1.54) is 55.6 Å². The quantitative estimate of drug-likeness (QED) is 0.163. The molecule has 270 valence electrons. The standard InChI is InChI=1S/C55H40N2/c1-37-17-9-12-28-48(37)55(50-29-13-10-26-46(50)47-27-11-14-30-51(47)55)49-32-31-43(33-38(49)2)42-23-16-25-45(35-42)53-36-52(56-54(57-53)40-20-7-4-8-21-40)44-24-15-22-41(34-44)39-18-5-3-6-19-39/h3-36H,1-2H3. The van der Waals surface area contributed by atoms with Crippen LogP contribution in [0, 0.1) is 13.8 Å². The highest BCUT2D eigenvalue weighted by Gasteiger charge is 2.47. The highest BCUT2D eigenvalue weighted by molar-refractivity contribution is 5.87. The van der Waals surface area contributed by atoms with Gasteiger partial charge in [0.2, 0.25) is 0 Å². The number of aromatic nitrogens is 2. The van der Waals surface area contributed by atoms with Crippen molar-refractivity contribution in [3.63, 3.8) is 0 Å². The minimum Gasteiger partial charge on any atom is -0.228 e. The molecule has 1 aromatic heterocycles. The van der Waals surface area contributed by atoms with Crippen molar-refractivity contribution >= 4 is 0 Å². The van der Waals surface area contributed by atoms with Gasteiger partial charge >= 0.3 is 0 Å². The summed E-state index contributed by atoms with van der Waals surface area (Å²) in [6, 6.07) is 74.2. The lowest BCUT2D eigenvalue weighted by Crippen LogP contribution is -2.30. The van der Waals surface area contributed by atoms with Gasteiger partial charge in [-0.05, 0) is 98.8 Å². The lowest BCUT2D eigenvalue weighted by molar-refractivity contribution is 0.754. The van der Waals surface area contributed by atoms with Gasteiger partial charge in [-0.1, -0.05) is 188 Å². The van der Waals surface area contributed by atoms with Crippen molar-refractivity contribution in [2.45, 2.75) is 19.3 Å². The Balaban J connectivity index is 1.09. The maximum atomic E-state index is 5.18. The molecule has 0 amide bonds. The van der Waals surface area contributed by atoms with Gasteiger partial charge in [-0.15, -0.1) is 0 Å². The summed E-state index contributed by atoms with van der Waals surface area (Å²) < 4.78 is 0. The van der Waals surface area contributed by atoms with Gasteiger partial charge in [0.15, 0.2) is 5.82 Å². The second-order valence-corrected chi connectivity index (χ2v) is 15.0. The van der Waals surface area contributed by atoms with Gasteiger partial charge < -0.3 is 0 Å². The van der Waals surface area contributed by atoms with Crippen molar-refractivity contribution in [1.29, 1.82) is 0 Å². The Morgan fingerprint density at radius 1 is 0.298 bits per heavy atom. The van der Waals surface area contributed by atoms with Crippen LogP contribution in [0.4, 0.5) is 0 Å². The second kappa shape index (κ2) is 14.2. The van der Waals surface area contributed by atoms with Gasteiger partial charge in [0, 0.05) is 16.7 Å². The van der Waals surface area contributed by atoms with Crippen LogP contribution in [0.25, 0.3) is 67.3 Å². The van der Waals surface area contributed by atoms with Crippen LogP contribution < -0.4 is 0 Å². The molecule has 0 bridgehead atoms. The van der Waals surface area contributed by atoms with Gasteiger partial charge in [-0.2, -0.15) is 0 Å². The summed E-state index contributed by atoms with van der Waals surface area (Å²) in [6.07, 6.45) is 0. The van der Waals surface area contributed by atoms with Gasteiger partial charge in [0.25, 0.3) is 0 Å². The van der Waals surface area contributed by atoms with Crippen molar-refractivity contribution in [2.24, 2.45) is 0 Å². The molecule has 0 fully saturated rings. The smallest absolute Gasteiger partial charge is 0.160 e. The van der Waals surface area contributed by atoms with Crippen LogP contribution >= 0.6 is 0 Å². The molecule has 2 heteroatoms. The van der Waals surface area contributed by atoms with Crippen molar-refractivity contribution in [3.05, 3.63) is 240 Å². The summed E-state index contributed by atoms with van der Waals surface area (Å²) in [7, 11) is 0. The van der Waals surface area contributed by atoms with Crippen LogP contribution in [0.15, 0.2) is 206 Å². The molecule has 57 heavy (non-hydrogen) atoms. The fraction of sp³-hybridized carbons (Fsp3) is 0.0545. The van der Waals surface area contributed by atoms with E-state index in [1.54, 1.807) is 0 Å². The molecule has 1 heterocycles. The molecule has 2 nitrogen and oxygen atoms in total. The Kier molecular flexibility index (Phi) is 8.53. The van der Waals surface area contributed by atoms with Crippen LogP contribution in [0.5, 0.6) is 0 Å². The predicted molar refractivity (Wildman–Crippen MR) is 236 cm³/mol. The first-order valence-corrected chi connectivity index (χ1v) is 19.7. The highest BCUT2D eigenvalue weighted by Crippen LogP contribution is 2.57. The number of nitrogens with zero attached hydrogens (tertiary/aromatic N) is 2. The van der Waals surface area contributed by atoms with Crippen LogP contribution in [0.3, 0.4) is 0 Å². The number of fused-ring (bicyclic) bond motifs is 3. The van der Waals surface area contributed by atoms with Crippen LogP contribution in [-0.4, -0.2) is 9.97 Å². The monoisotopic (exact) mass is 728 g/mol. The minimum atomic E-state index is -0.438. The number of hydrogen-bond donors (Lipinski definition) is 0. The average Bonchev–Trinajstić information content (AvgIpc) is 3.57. The zero-order valence-electron chi connectivity index (χ0n) is 32.0. The van der Waals surface area contributed by atoms with Gasteiger partial charge in [0.1, 0.15) is 0 Å². The van der Waals surface area contributed by atoms with E-state index in [0.717, 1.165) is 39.2 Å². The van der Waals surface area contributed by atoms with E-state index in [9.17, 15) is 0 Å². The van der Waals surface area contributed by atoms with E-state index in [4.69, 9.17) is 9.97 Å². The molecule has 0 saturated heterocycles. The lowest BCUT2D eigenvalue weighted by Gasteiger charge is -2.36. The molecule has 9 aromatic rings. The van der Waals surface area contributed by atoms with Crippen LogP contribution in [0.1, 0.15) is 33.4 Å². The van der Waals surface area contributed by atoms with E-state index >= 15 is 0 Å². The van der Waals surface area contributed by atoms with E-state index in [1.807, 2.05) is 18.2 Å². The first-order valence-electron chi connectivity index (χ1n) is 19.7. The summed E-state index contributed by atoms with van der Waals surface area (Å²) in [5.74, 6) is 0.706. The van der Waals surface area contributed by atoms with Crippen LogP contribution in [0.2, 0.25) is 0 Å². The molecule has 1 aliphatic carbocycles. The molecule has 0 aliphatic heterocycles. The molecule has 0 radical (unpaired) electrons. The zero-order valence-corrected chi connectivity index (χ0v) is 32.0. The molecule has 10 rings (SSSR count). The maximum absolute atomic E-state index is 5.18. The van der Waals surface area contributed by atoms with Crippen molar-refractivity contribution < 1.29 is 0 Å². The van der Waals surface area contributed by atoms with Crippen LogP contribution in [-0.2, 0) is 5.41 Å². The summed E-state index contributed by atoms with van der Waals surface area (Å²) in [5.41, 5.74) is 19.5. The van der Waals surface area contributed by atoms with Gasteiger partial charge in [0.05, 0.1) is 16.8 Å². The number of rotatable bonds is 7. The second-order valence-electron chi connectivity index (χ2n) is 15.0. The normalized spacial score (nSPS) is 12.5. The molecule has 1 aliphatic rings. The highest BCUT2D eigenvalue weighted by atomic mass is 14.9. The van der Waals surface area contributed by atoms with E-state index < -0.39 is 5.41 Å². The van der Waals surface area contributed by atoms with Gasteiger partial charge in [-0.25, -0.2) is 9.97 Å². The third-order valence-corrected chi connectivity index (χ3v) is 11.6. The Morgan fingerprint density at radius 3 is 1.32 bits per heavy atom. The van der Waals surface area contributed by atoms with Crippen molar-refractivity contribution in [3.8, 4) is 67.3 Å². The topological polar surface area (TPSA) is 25.8 Å². The number of aryl methyl sites for hydroxylation is 2. The molecule has 0 saturated carbocycles. The number of hydrogen-bond acceptors (Lipinski definition) is 2. The van der Waals surface area contributed by atoms with Gasteiger partial charge in [-0.3, -0.25) is 0 Å². The minimum absolute atomic E-state index is 0.438. The summed E-state index contributed by atoms with van der Waals surface area (Å²) in [5, 5.41) is 0. The SMILES string of the molecule is Cc1ccccc1C1(c2ccc(-c3cccc(-c4cc(-c5cccc(-c6ccccc6)c5)nc(-c5ccccc5)n4)c3)cc2C)c2ccccc2-c2ccccc21. The molecule has 0 atom stereocenters. The molecule has 0 N–H and O–H groups in total. The average molecular weight is 729 g/mol. The zero-order chi connectivity index (χ0) is 38.3. The Bertz CT molecular complexity index is 2880. The fourth-order valence-corrected chi connectivity index (χ4v) is 9.02. The first kappa shape index (κ1) is 34.3. The maximum Gasteiger partial charge on any atom is 0.160 e. The largest absolute Gasteiger partial charge is 0.228 e. The van der Waals surface area contributed by atoms with E-state index in [-0.39, 0.29) is 0 Å². The van der Waals surface area contributed by atoms with Crippen molar-refractivity contribution in [1.82, 2.24) is 9.97 Å². The third-order valence-electron chi connectivity index (χ3n) is 11.6. The predicted octanol–water partition coefficient (Wildman–Crippen LogP) is 13.8. The number of benzene rings is 8. The molecular weight excluding hydrogens is 689 g/mol. The summed E-state index contributed by atoms with van der Waals surface area (Å²) in [4.78, 5) is 10.3. The van der Waals surface area contributed by atoms with E-state index in [2.05, 4.69) is 202 Å². The lowest BCUT2D eigenvalue weighted by atomic mass is 9.65. The summed E-state index contributed by atoms with van der Waals surface area (Å²) >= 11 is 0. The molecule has 0 unspecified atom stereocenters. The fourth-order valence-electron chi connectivity index (χ4n) is 9.02. The molecular formula is C55H40N2. The first-order chi connectivity index (χ1) is 28.1. The Morgan fingerprint density at radius 2 is 0.737 bits per heavy atom. The van der Waals surface area contributed by atoms with Crippen molar-refractivity contribution in [2.75, 3.05) is 0 Å². The third kappa shape index (κ3) is 5.89. The Hall–Kier alpha value is -7.16. The Labute approximate surface area is 334 Å².